The van der Waals surface area contributed by atoms with Crippen molar-refractivity contribution in [3.05, 3.63) is 27.7 Å². The Morgan fingerprint density at radius 2 is 1.83 bits per heavy atom. The topological polar surface area (TPSA) is 35.5 Å². The van der Waals surface area contributed by atoms with Gasteiger partial charge in [0.05, 0.1) is 13.0 Å². The standard InChI is InChI=1S/C14H17BrO3/c1-8-4-11(5-9(2)13(8)15)18-12-6-10(7-12)14(16)17-3/h4-5,10,12H,6-7H2,1-3H3. The Kier molecular flexibility index (Phi) is 3.95. The maximum Gasteiger partial charge on any atom is 0.308 e. The molecule has 0 radical (unpaired) electrons. The van der Waals surface area contributed by atoms with E-state index in [0.29, 0.717) is 0 Å². The molecule has 1 aromatic rings. The van der Waals surface area contributed by atoms with E-state index in [1.807, 2.05) is 26.0 Å². The van der Waals surface area contributed by atoms with Crippen LogP contribution < -0.4 is 4.74 Å². The number of esters is 1. The summed E-state index contributed by atoms with van der Waals surface area (Å²) in [5.41, 5.74) is 2.32. The van der Waals surface area contributed by atoms with Crippen LogP contribution in [0.15, 0.2) is 16.6 Å². The third-order valence-corrected chi connectivity index (χ3v) is 4.59. The molecule has 1 aliphatic carbocycles. The van der Waals surface area contributed by atoms with Crippen LogP contribution >= 0.6 is 15.9 Å². The zero-order valence-corrected chi connectivity index (χ0v) is 12.4. The second-order valence-corrected chi connectivity index (χ2v) is 5.60. The van der Waals surface area contributed by atoms with Gasteiger partial charge in [0, 0.05) is 4.47 Å². The fourth-order valence-corrected chi connectivity index (χ4v) is 2.42. The number of ether oxygens (including phenoxy) is 2. The lowest BCUT2D eigenvalue weighted by molar-refractivity contribution is -0.151. The summed E-state index contributed by atoms with van der Waals surface area (Å²) in [6, 6.07) is 4.03. The zero-order chi connectivity index (χ0) is 13.3. The first-order chi connectivity index (χ1) is 8.51. The molecule has 0 amide bonds. The van der Waals surface area contributed by atoms with Crippen LogP contribution in [0, 0.1) is 19.8 Å². The molecule has 0 N–H and O–H groups in total. The minimum absolute atomic E-state index is 0.0117. The molecular weight excluding hydrogens is 296 g/mol. The molecule has 3 nitrogen and oxygen atoms in total. The van der Waals surface area contributed by atoms with Gasteiger partial charge in [-0.2, -0.15) is 0 Å². The van der Waals surface area contributed by atoms with Crippen LogP contribution in [0.2, 0.25) is 0 Å². The SMILES string of the molecule is COC(=O)C1CC(Oc2cc(C)c(Br)c(C)c2)C1. The molecule has 0 heterocycles. The number of carbonyl (C=O) groups is 1. The molecule has 2 rings (SSSR count). The summed E-state index contributed by atoms with van der Waals surface area (Å²) in [5.74, 6) is 0.761. The molecule has 1 aromatic carbocycles. The van der Waals surface area contributed by atoms with Crippen molar-refractivity contribution in [2.45, 2.75) is 32.8 Å². The van der Waals surface area contributed by atoms with Crippen molar-refractivity contribution in [3.63, 3.8) is 0 Å². The molecule has 4 heteroatoms. The Morgan fingerprint density at radius 1 is 1.28 bits per heavy atom. The molecule has 1 fully saturated rings. The highest BCUT2D eigenvalue weighted by molar-refractivity contribution is 9.10. The Labute approximate surface area is 116 Å². The maximum absolute atomic E-state index is 11.3. The minimum Gasteiger partial charge on any atom is -0.490 e. The third-order valence-electron chi connectivity index (χ3n) is 3.34. The number of aryl methyl sites for hydroxylation is 2. The fourth-order valence-electron chi connectivity index (χ4n) is 2.19. The van der Waals surface area contributed by atoms with E-state index in [9.17, 15) is 4.79 Å². The number of hydrogen-bond acceptors (Lipinski definition) is 3. The van der Waals surface area contributed by atoms with Crippen LogP contribution in [0.4, 0.5) is 0 Å². The van der Waals surface area contributed by atoms with Crippen molar-refractivity contribution in [2.24, 2.45) is 5.92 Å². The van der Waals surface area contributed by atoms with Crippen LogP contribution in [-0.4, -0.2) is 19.2 Å². The van der Waals surface area contributed by atoms with Gasteiger partial charge in [-0.1, -0.05) is 15.9 Å². The number of halogens is 1. The third kappa shape index (κ3) is 2.69. The normalized spacial score (nSPS) is 22.2. The van der Waals surface area contributed by atoms with E-state index < -0.39 is 0 Å². The average molecular weight is 313 g/mol. The van der Waals surface area contributed by atoms with Crippen molar-refractivity contribution >= 4 is 21.9 Å². The van der Waals surface area contributed by atoms with Crippen molar-refractivity contribution in [3.8, 4) is 5.75 Å². The number of rotatable bonds is 3. The van der Waals surface area contributed by atoms with E-state index in [0.717, 1.165) is 34.2 Å². The Balaban J connectivity index is 1.95. The highest BCUT2D eigenvalue weighted by Gasteiger charge is 2.36. The van der Waals surface area contributed by atoms with E-state index >= 15 is 0 Å². The van der Waals surface area contributed by atoms with Gasteiger partial charge in [-0.15, -0.1) is 0 Å². The summed E-state index contributed by atoms with van der Waals surface area (Å²) in [6.07, 6.45) is 1.64. The van der Waals surface area contributed by atoms with E-state index in [2.05, 4.69) is 15.9 Å². The van der Waals surface area contributed by atoms with E-state index in [1.54, 1.807) is 0 Å². The lowest BCUT2D eigenvalue weighted by atomic mass is 9.82. The summed E-state index contributed by atoms with van der Waals surface area (Å²) in [5, 5.41) is 0. The highest BCUT2D eigenvalue weighted by atomic mass is 79.9. The predicted octanol–water partition coefficient (Wildman–Crippen LogP) is 3.40. The van der Waals surface area contributed by atoms with E-state index in [4.69, 9.17) is 9.47 Å². The smallest absolute Gasteiger partial charge is 0.308 e. The van der Waals surface area contributed by atoms with Gasteiger partial charge in [-0.3, -0.25) is 4.79 Å². The minimum atomic E-state index is -0.127. The van der Waals surface area contributed by atoms with Crippen LogP contribution in [0.1, 0.15) is 24.0 Å². The molecule has 0 atom stereocenters. The molecule has 18 heavy (non-hydrogen) atoms. The fraction of sp³-hybridized carbons (Fsp3) is 0.500. The highest BCUT2D eigenvalue weighted by Crippen LogP contribution is 2.34. The first kappa shape index (κ1) is 13.4. The zero-order valence-electron chi connectivity index (χ0n) is 10.8. The maximum atomic E-state index is 11.3. The van der Waals surface area contributed by atoms with Gasteiger partial charge >= 0.3 is 5.97 Å². The quantitative estimate of drug-likeness (QED) is 0.802. The van der Waals surface area contributed by atoms with Gasteiger partial charge in [-0.25, -0.2) is 0 Å². The van der Waals surface area contributed by atoms with Crippen molar-refractivity contribution in [2.75, 3.05) is 7.11 Å². The number of carbonyl (C=O) groups excluding carboxylic acids is 1. The molecule has 0 spiro atoms. The number of methoxy groups -OCH3 is 1. The summed E-state index contributed by atoms with van der Waals surface area (Å²) in [6.45, 7) is 4.09. The van der Waals surface area contributed by atoms with E-state index in [-0.39, 0.29) is 18.0 Å². The lowest BCUT2D eigenvalue weighted by Crippen LogP contribution is -2.38. The van der Waals surface area contributed by atoms with Crippen molar-refractivity contribution < 1.29 is 14.3 Å². The summed E-state index contributed by atoms with van der Waals surface area (Å²) >= 11 is 3.53. The molecule has 0 unspecified atom stereocenters. The molecule has 98 valence electrons. The van der Waals surface area contributed by atoms with Gasteiger partial charge in [-0.05, 0) is 49.9 Å². The predicted molar refractivity (Wildman–Crippen MR) is 72.8 cm³/mol. The summed E-state index contributed by atoms with van der Waals surface area (Å²) in [4.78, 5) is 11.3. The monoisotopic (exact) mass is 312 g/mol. The van der Waals surface area contributed by atoms with Gasteiger partial charge in [0.1, 0.15) is 11.9 Å². The first-order valence-corrected chi connectivity index (χ1v) is 6.81. The molecule has 0 aromatic heterocycles. The van der Waals surface area contributed by atoms with Gasteiger partial charge in [0.2, 0.25) is 0 Å². The van der Waals surface area contributed by atoms with Gasteiger partial charge < -0.3 is 9.47 Å². The Bertz CT molecular complexity index is 441. The van der Waals surface area contributed by atoms with Crippen LogP contribution in [-0.2, 0) is 9.53 Å². The second kappa shape index (κ2) is 5.31. The Morgan fingerprint density at radius 3 is 2.33 bits per heavy atom. The van der Waals surface area contributed by atoms with Crippen molar-refractivity contribution in [1.29, 1.82) is 0 Å². The first-order valence-electron chi connectivity index (χ1n) is 6.02. The van der Waals surface area contributed by atoms with Crippen LogP contribution in [0.3, 0.4) is 0 Å². The van der Waals surface area contributed by atoms with Crippen LogP contribution in [0.5, 0.6) is 5.75 Å². The van der Waals surface area contributed by atoms with Gasteiger partial charge in [0.25, 0.3) is 0 Å². The Hall–Kier alpha value is -1.03. The molecule has 1 saturated carbocycles. The summed E-state index contributed by atoms with van der Waals surface area (Å²) in [7, 11) is 1.43. The van der Waals surface area contributed by atoms with Crippen molar-refractivity contribution in [1.82, 2.24) is 0 Å². The molecule has 0 bridgehead atoms. The molecule has 0 saturated heterocycles. The summed E-state index contributed by atoms with van der Waals surface area (Å²) < 4.78 is 11.7. The molecular formula is C14H17BrO3. The van der Waals surface area contributed by atoms with E-state index in [1.165, 1.54) is 7.11 Å². The second-order valence-electron chi connectivity index (χ2n) is 4.80. The average Bonchev–Trinajstić information content (AvgIpc) is 2.29. The molecule has 1 aliphatic rings. The largest absolute Gasteiger partial charge is 0.490 e. The lowest BCUT2D eigenvalue weighted by Gasteiger charge is -2.33. The van der Waals surface area contributed by atoms with Gasteiger partial charge in [0.15, 0.2) is 0 Å². The molecule has 0 aliphatic heterocycles. The van der Waals surface area contributed by atoms with Crippen LogP contribution in [0.25, 0.3) is 0 Å². The number of hydrogen-bond donors (Lipinski definition) is 0. The number of benzene rings is 1.